The largest absolute Gasteiger partial charge is 0.545 e. The van der Waals surface area contributed by atoms with Crippen LogP contribution < -0.4 is 10.4 Å². The maximum Gasteiger partial charge on any atom is 0.412 e. The van der Waals surface area contributed by atoms with Crippen molar-refractivity contribution in [2.45, 2.75) is 26.4 Å². The Kier molecular flexibility index (Phi) is 4.34. The number of carboxylic acid groups (broad SMARTS) is 1. The first kappa shape index (κ1) is 14.5. The molecule has 0 aromatic heterocycles. The van der Waals surface area contributed by atoms with Gasteiger partial charge in [-0.1, -0.05) is 15.9 Å². The zero-order valence-corrected chi connectivity index (χ0v) is 11.8. The van der Waals surface area contributed by atoms with Gasteiger partial charge in [0, 0.05) is 10.0 Å². The van der Waals surface area contributed by atoms with Gasteiger partial charge in [0.25, 0.3) is 0 Å². The van der Waals surface area contributed by atoms with E-state index in [1.807, 2.05) is 0 Å². The van der Waals surface area contributed by atoms with E-state index in [0.717, 1.165) is 0 Å². The van der Waals surface area contributed by atoms with Crippen LogP contribution in [0.3, 0.4) is 0 Å². The molecule has 0 spiro atoms. The predicted molar refractivity (Wildman–Crippen MR) is 68.3 cm³/mol. The summed E-state index contributed by atoms with van der Waals surface area (Å²) in [6, 6.07) is 4.42. The highest BCUT2D eigenvalue weighted by atomic mass is 79.9. The quantitative estimate of drug-likeness (QED) is 0.907. The molecule has 1 aromatic rings. The van der Waals surface area contributed by atoms with Crippen molar-refractivity contribution in [1.82, 2.24) is 0 Å². The van der Waals surface area contributed by atoms with Gasteiger partial charge in [0.2, 0.25) is 0 Å². The van der Waals surface area contributed by atoms with Crippen LogP contribution in [0.4, 0.5) is 10.5 Å². The lowest BCUT2D eigenvalue weighted by Crippen LogP contribution is -2.29. The summed E-state index contributed by atoms with van der Waals surface area (Å²) in [5, 5.41) is 13.3. The van der Waals surface area contributed by atoms with Gasteiger partial charge in [0.15, 0.2) is 0 Å². The molecule has 0 unspecified atom stereocenters. The molecular formula is C12H13BrNO4-. The predicted octanol–water partition coefficient (Wildman–Crippen LogP) is 2.16. The van der Waals surface area contributed by atoms with Crippen LogP contribution in [0.1, 0.15) is 31.1 Å². The molecular weight excluding hydrogens is 302 g/mol. The molecule has 0 aliphatic rings. The monoisotopic (exact) mass is 314 g/mol. The number of anilines is 1. The van der Waals surface area contributed by atoms with Gasteiger partial charge in [-0.3, -0.25) is 5.32 Å². The third-order valence-electron chi connectivity index (χ3n) is 1.84. The van der Waals surface area contributed by atoms with Crippen molar-refractivity contribution >= 4 is 33.7 Å². The van der Waals surface area contributed by atoms with Crippen LogP contribution in [-0.4, -0.2) is 17.7 Å². The lowest BCUT2D eigenvalue weighted by atomic mass is 10.2. The molecule has 0 saturated carbocycles. The van der Waals surface area contributed by atoms with Crippen LogP contribution in [-0.2, 0) is 4.74 Å². The molecule has 0 fully saturated rings. The normalized spacial score (nSPS) is 10.9. The molecule has 0 bridgehead atoms. The Morgan fingerprint density at radius 1 is 1.33 bits per heavy atom. The molecule has 0 aliphatic carbocycles. The zero-order chi connectivity index (χ0) is 13.9. The van der Waals surface area contributed by atoms with E-state index in [-0.39, 0.29) is 11.3 Å². The van der Waals surface area contributed by atoms with Crippen molar-refractivity contribution < 1.29 is 19.4 Å². The highest BCUT2D eigenvalue weighted by molar-refractivity contribution is 9.10. The SMILES string of the molecule is CC(C)(C)OC(=O)Nc1ccc(Br)cc1C(=O)[O-]. The van der Waals surface area contributed by atoms with E-state index < -0.39 is 17.7 Å². The number of ether oxygens (including phenoxy) is 1. The second-order valence-electron chi connectivity index (χ2n) is 4.60. The first-order valence-electron chi connectivity index (χ1n) is 5.20. The van der Waals surface area contributed by atoms with Crippen molar-refractivity contribution in [3.63, 3.8) is 0 Å². The Hall–Kier alpha value is -1.56. The summed E-state index contributed by atoms with van der Waals surface area (Å²) in [5.41, 5.74) is -0.635. The number of hydrogen-bond acceptors (Lipinski definition) is 4. The topological polar surface area (TPSA) is 78.5 Å². The number of carbonyl (C=O) groups excluding carboxylic acids is 2. The standard InChI is InChI=1S/C12H14BrNO4/c1-12(2,3)18-11(17)14-9-5-4-7(13)6-8(9)10(15)16/h4-6H,1-3H3,(H,14,17)(H,15,16)/p-1. The number of rotatable bonds is 2. The lowest BCUT2D eigenvalue weighted by Gasteiger charge is -2.20. The van der Waals surface area contributed by atoms with E-state index >= 15 is 0 Å². The molecule has 18 heavy (non-hydrogen) atoms. The van der Waals surface area contributed by atoms with Crippen LogP contribution in [0.25, 0.3) is 0 Å². The first-order valence-corrected chi connectivity index (χ1v) is 5.99. The molecule has 0 atom stereocenters. The number of hydrogen-bond donors (Lipinski definition) is 1. The summed E-state index contributed by atoms with van der Waals surface area (Å²) in [5.74, 6) is -1.37. The van der Waals surface area contributed by atoms with Gasteiger partial charge >= 0.3 is 6.09 Å². The fourth-order valence-corrected chi connectivity index (χ4v) is 1.57. The van der Waals surface area contributed by atoms with Gasteiger partial charge in [0.05, 0.1) is 11.7 Å². The summed E-state index contributed by atoms with van der Waals surface area (Å²) in [6.45, 7) is 5.15. The third kappa shape index (κ3) is 4.37. The second-order valence-corrected chi connectivity index (χ2v) is 5.52. The average Bonchev–Trinajstić information content (AvgIpc) is 2.17. The summed E-state index contributed by atoms with van der Waals surface area (Å²) < 4.78 is 5.61. The minimum atomic E-state index is -1.37. The number of carboxylic acids is 1. The maximum atomic E-state index is 11.5. The summed E-state index contributed by atoms with van der Waals surface area (Å²) in [4.78, 5) is 22.4. The van der Waals surface area contributed by atoms with Gasteiger partial charge in [-0.2, -0.15) is 0 Å². The molecule has 5 nitrogen and oxygen atoms in total. The Labute approximate surface area is 113 Å². The average molecular weight is 315 g/mol. The van der Waals surface area contributed by atoms with Gasteiger partial charge in [-0.25, -0.2) is 4.79 Å². The number of aromatic carboxylic acids is 1. The highest BCUT2D eigenvalue weighted by Crippen LogP contribution is 2.21. The molecule has 98 valence electrons. The minimum Gasteiger partial charge on any atom is -0.545 e. The molecule has 6 heteroatoms. The van der Waals surface area contributed by atoms with Crippen LogP contribution in [0, 0.1) is 0 Å². The van der Waals surface area contributed by atoms with E-state index in [1.165, 1.54) is 12.1 Å². The van der Waals surface area contributed by atoms with E-state index in [9.17, 15) is 14.7 Å². The number of nitrogens with one attached hydrogen (secondary N) is 1. The van der Waals surface area contributed by atoms with Gasteiger partial charge in [-0.15, -0.1) is 0 Å². The summed E-state index contributed by atoms with van der Waals surface area (Å²) in [7, 11) is 0. The van der Waals surface area contributed by atoms with E-state index in [2.05, 4.69) is 21.2 Å². The molecule has 1 amide bonds. The fraction of sp³-hybridized carbons (Fsp3) is 0.333. The van der Waals surface area contributed by atoms with Gasteiger partial charge in [-0.05, 0) is 39.0 Å². The van der Waals surface area contributed by atoms with E-state index in [4.69, 9.17) is 4.74 Å². The van der Waals surface area contributed by atoms with Crippen molar-refractivity contribution in [3.8, 4) is 0 Å². The summed E-state index contributed by atoms with van der Waals surface area (Å²) in [6.07, 6.45) is -0.715. The zero-order valence-electron chi connectivity index (χ0n) is 10.2. The summed E-state index contributed by atoms with van der Waals surface area (Å²) >= 11 is 3.14. The van der Waals surface area contributed by atoms with Crippen molar-refractivity contribution in [2.75, 3.05) is 5.32 Å². The lowest BCUT2D eigenvalue weighted by molar-refractivity contribution is -0.254. The first-order chi connectivity index (χ1) is 8.19. The minimum absolute atomic E-state index is 0.116. The van der Waals surface area contributed by atoms with Crippen LogP contribution >= 0.6 is 15.9 Å². The highest BCUT2D eigenvalue weighted by Gasteiger charge is 2.17. The van der Waals surface area contributed by atoms with E-state index in [1.54, 1.807) is 26.8 Å². The Balaban J connectivity index is 2.91. The van der Waals surface area contributed by atoms with Crippen molar-refractivity contribution in [1.29, 1.82) is 0 Å². The molecule has 1 rings (SSSR count). The fourth-order valence-electron chi connectivity index (χ4n) is 1.21. The van der Waals surface area contributed by atoms with E-state index in [0.29, 0.717) is 4.47 Å². The molecule has 0 radical (unpaired) electrons. The van der Waals surface area contributed by atoms with Gasteiger partial charge in [0.1, 0.15) is 5.60 Å². The number of halogens is 1. The number of benzene rings is 1. The van der Waals surface area contributed by atoms with Gasteiger partial charge < -0.3 is 14.6 Å². The third-order valence-corrected chi connectivity index (χ3v) is 2.33. The molecule has 1 aromatic carbocycles. The molecule has 0 saturated heterocycles. The Morgan fingerprint density at radius 2 is 1.94 bits per heavy atom. The van der Waals surface area contributed by atoms with Crippen LogP contribution in [0.2, 0.25) is 0 Å². The Morgan fingerprint density at radius 3 is 2.44 bits per heavy atom. The smallest absolute Gasteiger partial charge is 0.412 e. The van der Waals surface area contributed by atoms with Crippen molar-refractivity contribution in [3.05, 3.63) is 28.2 Å². The second kappa shape index (κ2) is 5.39. The number of amides is 1. The number of carbonyl (C=O) groups is 2. The van der Waals surface area contributed by atoms with Crippen LogP contribution in [0.5, 0.6) is 0 Å². The van der Waals surface area contributed by atoms with Crippen molar-refractivity contribution in [2.24, 2.45) is 0 Å². The maximum absolute atomic E-state index is 11.5. The molecule has 1 N–H and O–H groups in total. The molecule has 0 aliphatic heterocycles. The van der Waals surface area contributed by atoms with Crippen LogP contribution in [0.15, 0.2) is 22.7 Å². The Bertz CT molecular complexity index is 479. The molecule has 0 heterocycles.